The Morgan fingerprint density at radius 1 is 1.20 bits per heavy atom. The number of hydrogen-bond acceptors (Lipinski definition) is 6. The molecule has 0 atom stereocenters. The second-order valence-electron chi connectivity index (χ2n) is 5.28. The van der Waals surface area contributed by atoms with Crippen molar-refractivity contribution in [2.24, 2.45) is 7.05 Å². The molecule has 0 spiro atoms. The van der Waals surface area contributed by atoms with E-state index in [9.17, 15) is 14.7 Å². The molecular formula is C17H16N2O5S. The normalized spacial score (nSPS) is 10.7. The van der Waals surface area contributed by atoms with E-state index < -0.39 is 11.5 Å². The predicted molar refractivity (Wildman–Crippen MR) is 96.2 cm³/mol. The summed E-state index contributed by atoms with van der Waals surface area (Å²) in [7, 11) is 4.54. The van der Waals surface area contributed by atoms with Crippen LogP contribution in [0.1, 0.15) is 10.4 Å². The van der Waals surface area contributed by atoms with Crippen LogP contribution in [0, 0.1) is 0 Å². The second-order valence-corrected chi connectivity index (χ2v) is 6.19. The van der Waals surface area contributed by atoms with Gasteiger partial charge in [0.05, 0.1) is 24.4 Å². The van der Waals surface area contributed by atoms with Crippen molar-refractivity contribution in [2.75, 3.05) is 19.5 Å². The number of aromatic hydroxyl groups is 1. The Morgan fingerprint density at radius 2 is 1.84 bits per heavy atom. The van der Waals surface area contributed by atoms with E-state index >= 15 is 0 Å². The molecule has 7 nitrogen and oxygen atoms in total. The SMILES string of the molecule is COc1cc(NC(=O)c2c(O)c3sccc3n(C)c2=O)cc(OC)c1. The fourth-order valence-electron chi connectivity index (χ4n) is 2.51. The van der Waals surface area contributed by atoms with Crippen molar-refractivity contribution >= 4 is 33.1 Å². The Bertz CT molecular complexity index is 1000. The number of nitrogens with zero attached hydrogens (tertiary/aromatic N) is 1. The number of fused-ring (bicyclic) bond motifs is 1. The highest BCUT2D eigenvalue weighted by molar-refractivity contribution is 7.17. The van der Waals surface area contributed by atoms with E-state index in [0.29, 0.717) is 27.4 Å². The van der Waals surface area contributed by atoms with Crippen molar-refractivity contribution in [1.29, 1.82) is 0 Å². The van der Waals surface area contributed by atoms with E-state index in [2.05, 4.69) is 5.32 Å². The average molecular weight is 360 g/mol. The highest BCUT2D eigenvalue weighted by atomic mass is 32.1. The molecule has 130 valence electrons. The quantitative estimate of drug-likeness (QED) is 0.746. The van der Waals surface area contributed by atoms with Crippen LogP contribution in [0.25, 0.3) is 10.2 Å². The molecule has 2 aromatic heterocycles. The van der Waals surface area contributed by atoms with Gasteiger partial charge in [-0.05, 0) is 11.4 Å². The topological polar surface area (TPSA) is 89.8 Å². The third-order valence-corrected chi connectivity index (χ3v) is 4.72. The highest BCUT2D eigenvalue weighted by Crippen LogP contribution is 2.31. The molecule has 0 bridgehead atoms. The Hall–Kier alpha value is -3.00. The molecule has 25 heavy (non-hydrogen) atoms. The molecule has 0 unspecified atom stereocenters. The van der Waals surface area contributed by atoms with Crippen molar-refractivity contribution in [3.63, 3.8) is 0 Å². The maximum atomic E-state index is 12.6. The van der Waals surface area contributed by atoms with Crippen LogP contribution in [0.4, 0.5) is 5.69 Å². The molecule has 0 saturated carbocycles. The highest BCUT2D eigenvalue weighted by Gasteiger charge is 2.22. The lowest BCUT2D eigenvalue weighted by Crippen LogP contribution is -2.27. The van der Waals surface area contributed by atoms with Gasteiger partial charge in [-0.25, -0.2) is 0 Å². The number of anilines is 1. The monoisotopic (exact) mass is 360 g/mol. The number of methoxy groups -OCH3 is 2. The molecule has 2 N–H and O–H groups in total. The van der Waals surface area contributed by atoms with Crippen molar-refractivity contribution < 1.29 is 19.4 Å². The molecule has 0 aliphatic heterocycles. The third kappa shape index (κ3) is 2.91. The number of benzene rings is 1. The number of thiophene rings is 1. The largest absolute Gasteiger partial charge is 0.505 e. The molecule has 2 heterocycles. The summed E-state index contributed by atoms with van der Waals surface area (Å²) in [5, 5.41) is 14.7. The van der Waals surface area contributed by atoms with Gasteiger partial charge in [-0.1, -0.05) is 0 Å². The van der Waals surface area contributed by atoms with Crippen LogP contribution < -0.4 is 20.3 Å². The van der Waals surface area contributed by atoms with Crippen LogP contribution in [0.3, 0.4) is 0 Å². The molecule has 1 aromatic carbocycles. The Kier molecular flexibility index (Phi) is 4.37. The number of carbonyl (C=O) groups is 1. The number of aromatic nitrogens is 1. The fraction of sp³-hybridized carbons (Fsp3) is 0.176. The van der Waals surface area contributed by atoms with Crippen LogP contribution in [0.2, 0.25) is 0 Å². The summed E-state index contributed by atoms with van der Waals surface area (Å²) in [6.07, 6.45) is 0. The Morgan fingerprint density at radius 3 is 2.44 bits per heavy atom. The van der Waals surface area contributed by atoms with Crippen LogP contribution in [0.15, 0.2) is 34.4 Å². The van der Waals surface area contributed by atoms with Gasteiger partial charge < -0.3 is 24.5 Å². The number of nitrogens with one attached hydrogen (secondary N) is 1. The Labute approximate surface area is 147 Å². The number of rotatable bonds is 4. The first kappa shape index (κ1) is 16.8. The summed E-state index contributed by atoms with van der Waals surface area (Å²) in [6, 6.07) is 6.55. The number of amides is 1. The number of ether oxygens (including phenoxy) is 2. The molecule has 1 amide bonds. The standard InChI is InChI=1S/C17H16N2O5S/c1-19-12-4-5-25-15(12)14(20)13(17(19)22)16(21)18-9-6-10(23-2)8-11(7-9)24-3/h4-8,20H,1-3H3,(H,18,21). The van der Waals surface area contributed by atoms with Gasteiger partial charge in [-0.2, -0.15) is 0 Å². The molecule has 0 radical (unpaired) electrons. The van der Waals surface area contributed by atoms with Crippen molar-refractivity contribution in [2.45, 2.75) is 0 Å². The first-order valence-corrected chi connectivity index (χ1v) is 8.17. The summed E-state index contributed by atoms with van der Waals surface area (Å²) in [6.45, 7) is 0. The van der Waals surface area contributed by atoms with E-state index in [0.717, 1.165) is 0 Å². The van der Waals surface area contributed by atoms with Gasteiger partial charge >= 0.3 is 0 Å². The predicted octanol–water partition coefficient (Wildman–Crippen LogP) is 2.58. The molecule has 3 aromatic rings. The lowest BCUT2D eigenvalue weighted by Gasteiger charge is -2.11. The van der Waals surface area contributed by atoms with Gasteiger partial charge in [0.2, 0.25) is 0 Å². The summed E-state index contributed by atoms with van der Waals surface area (Å²) in [4.78, 5) is 25.1. The molecule has 0 fully saturated rings. The van der Waals surface area contributed by atoms with E-state index in [1.807, 2.05) is 0 Å². The molecule has 8 heteroatoms. The van der Waals surface area contributed by atoms with E-state index in [-0.39, 0.29) is 11.3 Å². The van der Waals surface area contributed by atoms with Crippen molar-refractivity contribution in [3.05, 3.63) is 45.6 Å². The minimum Gasteiger partial charge on any atom is -0.505 e. The molecular weight excluding hydrogens is 344 g/mol. The van der Waals surface area contributed by atoms with E-state index in [1.54, 1.807) is 36.7 Å². The third-order valence-electron chi connectivity index (χ3n) is 3.81. The first-order valence-electron chi connectivity index (χ1n) is 7.29. The van der Waals surface area contributed by atoms with Crippen LogP contribution in [0.5, 0.6) is 17.2 Å². The number of hydrogen-bond donors (Lipinski definition) is 2. The van der Waals surface area contributed by atoms with Gasteiger partial charge in [0.1, 0.15) is 17.1 Å². The summed E-state index contributed by atoms with van der Waals surface area (Å²) in [5.74, 6) is -0.0508. The number of pyridine rings is 1. The summed E-state index contributed by atoms with van der Waals surface area (Å²) >= 11 is 1.26. The zero-order valence-electron chi connectivity index (χ0n) is 13.8. The van der Waals surface area contributed by atoms with Crippen molar-refractivity contribution in [3.8, 4) is 17.2 Å². The number of carbonyl (C=O) groups excluding carboxylic acids is 1. The lowest BCUT2D eigenvalue weighted by atomic mass is 10.2. The minimum absolute atomic E-state index is 0.306. The summed E-state index contributed by atoms with van der Waals surface area (Å²) in [5.41, 5.74) is 0.0797. The summed E-state index contributed by atoms with van der Waals surface area (Å²) < 4.78 is 12.1. The zero-order valence-corrected chi connectivity index (χ0v) is 14.6. The van der Waals surface area contributed by atoms with Gasteiger partial charge in [0.25, 0.3) is 11.5 Å². The van der Waals surface area contributed by atoms with Crippen LogP contribution in [-0.4, -0.2) is 29.8 Å². The van der Waals surface area contributed by atoms with E-state index in [1.165, 1.54) is 30.1 Å². The average Bonchev–Trinajstić information content (AvgIpc) is 3.09. The van der Waals surface area contributed by atoms with Crippen LogP contribution >= 0.6 is 11.3 Å². The maximum Gasteiger partial charge on any atom is 0.267 e. The van der Waals surface area contributed by atoms with Crippen LogP contribution in [-0.2, 0) is 7.05 Å². The van der Waals surface area contributed by atoms with E-state index in [4.69, 9.17) is 9.47 Å². The fourth-order valence-corrected chi connectivity index (χ4v) is 3.39. The van der Waals surface area contributed by atoms with Gasteiger partial charge in [0.15, 0.2) is 5.75 Å². The molecule has 0 aliphatic carbocycles. The maximum absolute atomic E-state index is 12.6. The van der Waals surface area contributed by atoms with Gasteiger partial charge in [-0.3, -0.25) is 9.59 Å². The molecule has 0 saturated heterocycles. The van der Waals surface area contributed by atoms with Crippen molar-refractivity contribution in [1.82, 2.24) is 4.57 Å². The zero-order chi connectivity index (χ0) is 18.1. The molecule has 0 aliphatic rings. The Balaban J connectivity index is 2.05. The first-order chi connectivity index (χ1) is 12.0. The smallest absolute Gasteiger partial charge is 0.267 e. The van der Waals surface area contributed by atoms with Gasteiger partial charge in [-0.15, -0.1) is 11.3 Å². The molecule has 3 rings (SSSR count). The lowest BCUT2D eigenvalue weighted by molar-refractivity contribution is 0.102. The van der Waals surface area contributed by atoms with Gasteiger partial charge in [0, 0.05) is 30.9 Å². The second kappa shape index (κ2) is 6.48. The minimum atomic E-state index is -0.705. The number of aryl methyl sites for hydroxylation is 1.